The highest BCUT2D eigenvalue weighted by Gasteiger charge is 2.22. The van der Waals surface area contributed by atoms with Gasteiger partial charge in [-0.2, -0.15) is 0 Å². The highest BCUT2D eigenvalue weighted by molar-refractivity contribution is 6.34. The van der Waals surface area contributed by atoms with Crippen LogP contribution in [0.2, 0.25) is 5.02 Å². The molecule has 4 nitrogen and oxygen atoms in total. The number of nitrogens with two attached hydrogens (primary N) is 1. The van der Waals surface area contributed by atoms with E-state index in [1.807, 2.05) is 0 Å². The van der Waals surface area contributed by atoms with Crippen molar-refractivity contribution in [2.24, 2.45) is 0 Å². The van der Waals surface area contributed by atoms with Crippen LogP contribution in [0.25, 0.3) is 0 Å². The summed E-state index contributed by atoms with van der Waals surface area (Å²) in [4.78, 5) is 14.4. The van der Waals surface area contributed by atoms with Crippen molar-refractivity contribution in [1.82, 2.24) is 0 Å². The van der Waals surface area contributed by atoms with Crippen LogP contribution >= 0.6 is 11.6 Å². The summed E-state index contributed by atoms with van der Waals surface area (Å²) in [5, 5.41) is 0.527. The Morgan fingerprint density at radius 3 is 2.48 bits per heavy atom. The minimum Gasteiger partial charge on any atom is -0.462 e. The SMILES string of the molecule is CCOC(=O)c1cc(N)cc(Cl)c1N1CCCCCCC1. The van der Waals surface area contributed by atoms with Gasteiger partial charge in [-0.25, -0.2) is 4.79 Å². The third-order valence-corrected chi connectivity index (χ3v) is 4.04. The van der Waals surface area contributed by atoms with Gasteiger partial charge in [0, 0.05) is 18.8 Å². The first kappa shape index (κ1) is 16.0. The molecule has 0 atom stereocenters. The Labute approximate surface area is 131 Å². The highest BCUT2D eigenvalue weighted by Crippen LogP contribution is 2.34. The number of carbonyl (C=O) groups excluding carboxylic acids is 1. The summed E-state index contributed by atoms with van der Waals surface area (Å²) < 4.78 is 5.15. The van der Waals surface area contributed by atoms with Gasteiger partial charge in [-0.1, -0.05) is 30.9 Å². The Kier molecular flexibility index (Phi) is 5.74. The number of anilines is 2. The Balaban J connectivity index is 2.37. The van der Waals surface area contributed by atoms with E-state index in [1.54, 1.807) is 19.1 Å². The molecular weight excluding hydrogens is 288 g/mol. The van der Waals surface area contributed by atoms with Crippen molar-refractivity contribution in [1.29, 1.82) is 0 Å². The van der Waals surface area contributed by atoms with Gasteiger partial charge in [0.25, 0.3) is 0 Å². The minimum absolute atomic E-state index is 0.338. The van der Waals surface area contributed by atoms with Crippen LogP contribution < -0.4 is 10.6 Å². The second-order valence-corrected chi connectivity index (χ2v) is 5.78. The molecule has 1 aromatic rings. The lowest BCUT2D eigenvalue weighted by Gasteiger charge is -2.29. The number of rotatable bonds is 3. The number of hydrogen-bond acceptors (Lipinski definition) is 4. The summed E-state index contributed by atoms with van der Waals surface area (Å²) in [6.07, 6.45) is 5.95. The van der Waals surface area contributed by atoms with Crippen molar-refractivity contribution in [2.45, 2.75) is 39.0 Å². The maximum Gasteiger partial charge on any atom is 0.340 e. The molecule has 1 aliphatic heterocycles. The largest absolute Gasteiger partial charge is 0.462 e. The Morgan fingerprint density at radius 1 is 1.24 bits per heavy atom. The molecule has 0 aliphatic carbocycles. The van der Waals surface area contributed by atoms with Crippen molar-refractivity contribution in [3.63, 3.8) is 0 Å². The minimum atomic E-state index is -0.358. The molecule has 0 spiro atoms. The average Bonchev–Trinajstić information content (AvgIpc) is 2.39. The molecule has 5 heteroatoms. The van der Waals surface area contributed by atoms with E-state index in [4.69, 9.17) is 22.1 Å². The van der Waals surface area contributed by atoms with E-state index >= 15 is 0 Å². The van der Waals surface area contributed by atoms with Crippen LogP contribution in [0.4, 0.5) is 11.4 Å². The number of nitrogen functional groups attached to an aromatic ring is 1. The van der Waals surface area contributed by atoms with Crippen LogP contribution in [0.3, 0.4) is 0 Å². The first-order valence-corrected chi connectivity index (χ1v) is 8.02. The predicted octanol–water partition coefficient (Wildman–Crippen LogP) is 3.87. The Hall–Kier alpha value is -1.42. The van der Waals surface area contributed by atoms with Crippen molar-refractivity contribution in [2.75, 3.05) is 30.3 Å². The topological polar surface area (TPSA) is 55.6 Å². The fraction of sp³-hybridized carbons (Fsp3) is 0.562. The molecule has 1 heterocycles. The first-order valence-electron chi connectivity index (χ1n) is 7.64. The summed E-state index contributed by atoms with van der Waals surface area (Å²) in [6, 6.07) is 3.37. The fourth-order valence-electron chi connectivity index (χ4n) is 2.78. The molecule has 0 unspecified atom stereocenters. The second-order valence-electron chi connectivity index (χ2n) is 5.37. The molecule has 1 fully saturated rings. The van der Waals surface area contributed by atoms with E-state index in [9.17, 15) is 4.79 Å². The molecule has 1 saturated heterocycles. The molecule has 0 aromatic heterocycles. The number of carbonyl (C=O) groups is 1. The van der Waals surface area contributed by atoms with Gasteiger partial charge in [0.15, 0.2) is 0 Å². The molecule has 21 heavy (non-hydrogen) atoms. The molecule has 1 aliphatic rings. The summed E-state index contributed by atoms with van der Waals surface area (Å²) in [5.74, 6) is -0.358. The standard InChI is InChI=1S/C16H23ClN2O2/c1-2-21-16(20)13-10-12(18)11-14(17)15(13)19-8-6-4-3-5-7-9-19/h10-11H,2-9,18H2,1H3. The summed E-state index contributed by atoms with van der Waals surface area (Å²) >= 11 is 6.38. The van der Waals surface area contributed by atoms with E-state index in [-0.39, 0.29) is 5.97 Å². The molecular formula is C16H23ClN2O2. The lowest BCUT2D eigenvalue weighted by Crippen LogP contribution is -2.29. The second kappa shape index (κ2) is 7.55. The summed E-state index contributed by atoms with van der Waals surface area (Å²) in [6.45, 7) is 3.96. The average molecular weight is 311 g/mol. The number of halogens is 1. The number of esters is 1. The van der Waals surface area contributed by atoms with Gasteiger partial charge >= 0.3 is 5.97 Å². The van der Waals surface area contributed by atoms with Crippen LogP contribution in [0.5, 0.6) is 0 Å². The van der Waals surface area contributed by atoms with Gasteiger partial charge in [-0.3, -0.25) is 0 Å². The molecule has 2 rings (SSSR count). The van der Waals surface area contributed by atoms with Gasteiger partial charge in [0.05, 0.1) is 22.9 Å². The van der Waals surface area contributed by atoms with Gasteiger partial charge in [0.2, 0.25) is 0 Å². The zero-order valence-corrected chi connectivity index (χ0v) is 13.3. The van der Waals surface area contributed by atoms with E-state index in [2.05, 4.69) is 4.90 Å². The molecule has 0 bridgehead atoms. The zero-order chi connectivity index (χ0) is 15.2. The molecule has 2 N–H and O–H groups in total. The first-order chi connectivity index (χ1) is 10.1. The van der Waals surface area contributed by atoms with Crippen LogP contribution in [0.15, 0.2) is 12.1 Å². The van der Waals surface area contributed by atoms with E-state index in [0.29, 0.717) is 22.9 Å². The Bertz CT molecular complexity index is 497. The van der Waals surface area contributed by atoms with E-state index in [0.717, 1.165) is 31.6 Å². The smallest absolute Gasteiger partial charge is 0.340 e. The predicted molar refractivity (Wildman–Crippen MR) is 87.1 cm³/mol. The third kappa shape index (κ3) is 4.03. The molecule has 116 valence electrons. The zero-order valence-electron chi connectivity index (χ0n) is 12.5. The van der Waals surface area contributed by atoms with Crippen LogP contribution in [-0.2, 0) is 4.74 Å². The number of benzene rings is 1. The molecule has 0 amide bonds. The van der Waals surface area contributed by atoms with Gasteiger partial charge in [-0.05, 0) is 31.9 Å². The van der Waals surface area contributed by atoms with Crippen molar-refractivity contribution < 1.29 is 9.53 Å². The number of nitrogens with zero attached hydrogens (tertiary/aromatic N) is 1. The number of hydrogen-bond donors (Lipinski definition) is 1. The van der Waals surface area contributed by atoms with Crippen molar-refractivity contribution in [3.8, 4) is 0 Å². The third-order valence-electron chi connectivity index (χ3n) is 3.75. The van der Waals surface area contributed by atoms with Crippen LogP contribution in [-0.4, -0.2) is 25.7 Å². The maximum atomic E-state index is 12.2. The van der Waals surface area contributed by atoms with Crippen molar-refractivity contribution >= 4 is 28.9 Å². The fourth-order valence-corrected chi connectivity index (χ4v) is 3.12. The van der Waals surface area contributed by atoms with Crippen LogP contribution in [0.1, 0.15) is 49.4 Å². The Morgan fingerprint density at radius 2 is 1.86 bits per heavy atom. The van der Waals surface area contributed by atoms with Crippen LogP contribution in [0, 0.1) is 0 Å². The summed E-state index contributed by atoms with van der Waals surface area (Å²) in [5.41, 5.74) is 7.57. The maximum absolute atomic E-state index is 12.2. The lowest BCUT2D eigenvalue weighted by molar-refractivity contribution is 0.0527. The van der Waals surface area contributed by atoms with Gasteiger partial charge in [-0.15, -0.1) is 0 Å². The number of ether oxygens (including phenoxy) is 1. The molecule has 0 saturated carbocycles. The summed E-state index contributed by atoms with van der Waals surface area (Å²) in [7, 11) is 0. The lowest BCUT2D eigenvalue weighted by atomic mass is 10.1. The molecule has 1 aromatic carbocycles. The van der Waals surface area contributed by atoms with E-state index < -0.39 is 0 Å². The van der Waals surface area contributed by atoms with E-state index in [1.165, 1.54) is 19.3 Å². The van der Waals surface area contributed by atoms with Gasteiger partial charge in [0.1, 0.15) is 0 Å². The normalized spacial score (nSPS) is 16.2. The van der Waals surface area contributed by atoms with Crippen molar-refractivity contribution in [3.05, 3.63) is 22.7 Å². The quantitative estimate of drug-likeness (QED) is 0.680. The molecule has 0 radical (unpaired) electrons. The highest BCUT2D eigenvalue weighted by atomic mass is 35.5. The van der Waals surface area contributed by atoms with Gasteiger partial charge < -0.3 is 15.4 Å². The monoisotopic (exact) mass is 310 g/mol.